The third-order valence-electron chi connectivity index (χ3n) is 3.72. The van der Waals surface area contributed by atoms with Crippen molar-refractivity contribution < 1.29 is 9.18 Å². The average Bonchev–Trinajstić information content (AvgIpc) is 2.41. The minimum absolute atomic E-state index is 0.162. The molecule has 0 bridgehead atoms. The number of carbonyl (C=O) groups is 1. The van der Waals surface area contributed by atoms with Gasteiger partial charge in [-0.15, -0.1) is 0 Å². The van der Waals surface area contributed by atoms with Crippen molar-refractivity contribution in [2.45, 2.75) is 25.8 Å². The van der Waals surface area contributed by atoms with Gasteiger partial charge in [0.15, 0.2) is 0 Å². The van der Waals surface area contributed by atoms with E-state index in [-0.39, 0.29) is 17.8 Å². The third kappa shape index (κ3) is 3.32. The van der Waals surface area contributed by atoms with E-state index in [0.717, 1.165) is 25.1 Å². The van der Waals surface area contributed by atoms with E-state index < -0.39 is 0 Å². The first-order valence-corrected chi connectivity index (χ1v) is 6.85. The predicted octanol–water partition coefficient (Wildman–Crippen LogP) is 2.44. The van der Waals surface area contributed by atoms with Gasteiger partial charge >= 0.3 is 0 Å². The number of piperazine rings is 1. The highest BCUT2D eigenvalue weighted by Gasteiger charge is 2.27. The van der Waals surface area contributed by atoms with Crippen molar-refractivity contribution in [3.63, 3.8) is 0 Å². The van der Waals surface area contributed by atoms with Crippen LogP contribution in [0.1, 0.15) is 31.4 Å². The maximum Gasteiger partial charge on any atom is 0.222 e. The van der Waals surface area contributed by atoms with Gasteiger partial charge in [0, 0.05) is 26.1 Å². The highest BCUT2D eigenvalue weighted by atomic mass is 19.1. The molecule has 1 saturated heterocycles. The van der Waals surface area contributed by atoms with Crippen molar-refractivity contribution in [2.75, 3.05) is 26.7 Å². The van der Waals surface area contributed by atoms with E-state index in [4.69, 9.17) is 0 Å². The fourth-order valence-corrected chi connectivity index (χ4v) is 2.52. The SMILES string of the molecule is CCCC(=O)N1CCN(C)C(c2ccc(F)cc2)C1. The number of carbonyl (C=O) groups excluding carboxylic acids is 1. The Labute approximate surface area is 114 Å². The Hall–Kier alpha value is -1.42. The lowest BCUT2D eigenvalue weighted by Gasteiger charge is -2.39. The van der Waals surface area contributed by atoms with Crippen molar-refractivity contribution >= 4 is 5.91 Å². The maximum absolute atomic E-state index is 13.0. The molecular formula is C15H21FN2O. The van der Waals surface area contributed by atoms with E-state index >= 15 is 0 Å². The molecule has 1 aromatic carbocycles. The summed E-state index contributed by atoms with van der Waals surface area (Å²) in [7, 11) is 2.05. The van der Waals surface area contributed by atoms with Crippen LogP contribution in [0.3, 0.4) is 0 Å². The molecule has 1 fully saturated rings. The summed E-state index contributed by atoms with van der Waals surface area (Å²) in [5.41, 5.74) is 1.07. The Balaban J connectivity index is 2.10. The summed E-state index contributed by atoms with van der Waals surface area (Å²) < 4.78 is 13.0. The number of likely N-dealkylation sites (N-methyl/N-ethyl adjacent to an activating group) is 1. The zero-order chi connectivity index (χ0) is 13.8. The Bertz CT molecular complexity index is 432. The predicted molar refractivity (Wildman–Crippen MR) is 73.3 cm³/mol. The molecule has 1 unspecified atom stereocenters. The zero-order valence-electron chi connectivity index (χ0n) is 11.6. The van der Waals surface area contributed by atoms with Crippen LogP contribution in [0.25, 0.3) is 0 Å². The number of hydrogen-bond acceptors (Lipinski definition) is 2. The molecule has 1 aliphatic heterocycles. The zero-order valence-corrected chi connectivity index (χ0v) is 11.6. The van der Waals surface area contributed by atoms with Crippen LogP contribution in [0.15, 0.2) is 24.3 Å². The van der Waals surface area contributed by atoms with Gasteiger partial charge in [-0.05, 0) is 31.2 Å². The van der Waals surface area contributed by atoms with Crippen LogP contribution < -0.4 is 0 Å². The van der Waals surface area contributed by atoms with E-state index in [9.17, 15) is 9.18 Å². The lowest BCUT2D eigenvalue weighted by Crippen LogP contribution is -2.48. The van der Waals surface area contributed by atoms with Gasteiger partial charge in [0.2, 0.25) is 5.91 Å². The van der Waals surface area contributed by atoms with Crippen molar-refractivity contribution in [1.29, 1.82) is 0 Å². The summed E-state index contributed by atoms with van der Waals surface area (Å²) in [5.74, 6) is 0.00356. The summed E-state index contributed by atoms with van der Waals surface area (Å²) >= 11 is 0. The van der Waals surface area contributed by atoms with Crippen molar-refractivity contribution in [1.82, 2.24) is 9.80 Å². The van der Waals surface area contributed by atoms with Crippen LogP contribution in [-0.2, 0) is 4.79 Å². The van der Waals surface area contributed by atoms with Crippen LogP contribution in [0.5, 0.6) is 0 Å². The van der Waals surface area contributed by atoms with Gasteiger partial charge in [-0.1, -0.05) is 19.1 Å². The minimum Gasteiger partial charge on any atom is -0.339 e. The van der Waals surface area contributed by atoms with Crippen molar-refractivity contribution in [3.05, 3.63) is 35.6 Å². The molecule has 1 aliphatic rings. The normalized spacial score (nSPS) is 20.6. The number of rotatable bonds is 3. The third-order valence-corrected chi connectivity index (χ3v) is 3.72. The summed E-state index contributed by atoms with van der Waals surface area (Å²) in [4.78, 5) is 16.1. The lowest BCUT2D eigenvalue weighted by atomic mass is 10.0. The molecule has 0 radical (unpaired) electrons. The molecule has 0 saturated carbocycles. The van der Waals surface area contributed by atoms with Crippen LogP contribution in [-0.4, -0.2) is 42.4 Å². The second kappa shape index (κ2) is 6.15. The fraction of sp³-hybridized carbons (Fsp3) is 0.533. The van der Waals surface area contributed by atoms with Crippen LogP contribution in [0, 0.1) is 5.82 Å². The van der Waals surface area contributed by atoms with Gasteiger partial charge in [-0.3, -0.25) is 9.69 Å². The molecular weight excluding hydrogens is 243 g/mol. The highest BCUT2D eigenvalue weighted by Crippen LogP contribution is 2.24. The molecule has 104 valence electrons. The first-order chi connectivity index (χ1) is 9.11. The van der Waals surface area contributed by atoms with Crippen LogP contribution >= 0.6 is 0 Å². The quantitative estimate of drug-likeness (QED) is 0.837. The summed E-state index contributed by atoms with van der Waals surface area (Å²) in [5, 5.41) is 0. The second-order valence-corrected chi connectivity index (χ2v) is 5.14. The standard InChI is InChI=1S/C15H21FN2O/c1-3-4-15(19)18-10-9-17(2)14(11-18)12-5-7-13(16)8-6-12/h5-8,14H,3-4,9-11H2,1-2H3. The van der Waals surface area contributed by atoms with E-state index in [1.165, 1.54) is 12.1 Å². The number of hydrogen-bond donors (Lipinski definition) is 0. The molecule has 0 aliphatic carbocycles. The first kappa shape index (κ1) is 14.0. The summed E-state index contributed by atoms with van der Waals surface area (Å²) in [6, 6.07) is 6.75. The van der Waals surface area contributed by atoms with Crippen LogP contribution in [0.4, 0.5) is 4.39 Å². The number of nitrogens with zero attached hydrogens (tertiary/aromatic N) is 2. The van der Waals surface area contributed by atoms with Gasteiger partial charge in [0.1, 0.15) is 5.82 Å². The molecule has 4 heteroatoms. The number of benzene rings is 1. The van der Waals surface area contributed by atoms with Gasteiger partial charge < -0.3 is 4.90 Å². The largest absolute Gasteiger partial charge is 0.339 e. The average molecular weight is 264 g/mol. The molecule has 0 spiro atoms. The summed E-state index contributed by atoms with van der Waals surface area (Å²) in [6.45, 7) is 4.36. The molecule has 0 aromatic heterocycles. The molecule has 1 heterocycles. The van der Waals surface area contributed by atoms with E-state index in [2.05, 4.69) is 11.9 Å². The monoisotopic (exact) mass is 264 g/mol. The molecule has 0 N–H and O–H groups in total. The Morgan fingerprint density at radius 1 is 1.32 bits per heavy atom. The van der Waals surface area contributed by atoms with Gasteiger partial charge in [-0.25, -0.2) is 4.39 Å². The maximum atomic E-state index is 13.0. The second-order valence-electron chi connectivity index (χ2n) is 5.14. The van der Waals surface area contributed by atoms with Gasteiger partial charge in [-0.2, -0.15) is 0 Å². The molecule has 1 amide bonds. The van der Waals surface area contributed by atoms with Crippen molar-refractivity contribution in [2.24, 2.45) is 0 Å². The molecule has 1 aromatic rings. The summed E-state index contributed by atoms with van der Waals surface area (Å²) in [6.07, 6.45) is 1.49. The fourth-order valence-electron chi connectivity index (χ4n) is 2.52. The first-order valence-electron chi connectivity index (χ1n) is 6.85. The molecule has 19 heavy (non-hydrogen) atoms. The van der Waals surface area contributed by atoms with Crippen molar-refractivity contribution in [3.8, 4) is 0 Å². The lowest BCUT2D eigenvalue weighted by molar-refractivity contribution is -0.134. The Morgan fingerprint density at radius 3 is 2.63 bits per heavy atom. The Morgan fingerprint density at radius 2 is 2.00 bits per heavy atom. The van der Waals surface area contributed by atoms with E-state index in [1.807, 2.05) is 24.0 Å². The van der Waals surface area contributed by atoms with E-state index in [0.29, 0.717) is 13.0 Å². The molecule has 1 atom stereocenters. The molecule has 2 rings (SSSR count). The Kier molecular flexibility index (Phi) is 4.53. The minimum atomic E-state index is -0.221. The number of halogens is 1. The van der Waals surface area contributed by atoms with Crippen LogP contribution in [0.2, 0.25) is 0 Å². The van der Waals surface area contributed by atoms with Gasteiger partial charge in [0.25, 0.3) is 0 Å². The smallest absolute Gasteiger partial charge is 0.222 e. The van der Waals surface area contributed by atoms with Gasteiger partial charge in [0.05, 0.1) is 6.04 Å². The topological polar surface area (TPSA) is 23.6 Å². The van der Waals surface area contributed by atoms with E-state index in [1.54, 1.807) is 0 Å². The molecule has 3 nitrogen and oxygen atoms in total. The highest BCUT2D eigenvalue weighted by molar-refractivity contribution is 5.76. The number of amides is 1.